The summed E-state index contributed by atoms with van der Waals surface area (Å²) in [4.78, 5) is 20.0. The number of aromatic amines is 1. The summed E-state index contributed by atoms with van der Waals surface area (Å²) in [7, 11) is 3.40. The van der Waals surface area contributed by atoms with Crippen LogP contribution >= 0.6 is 0 Å². The third kappa shape index (κ3) is 7.71. The minimum absolute atomic E-state index is 0.0422. The zero-order chi connectivity index (χ0) is 31.3. The van der Waals surface area contributed by atoms with Crippen LogP contribution < -0.4 is 4.74 Å². The zero-order valence-electron chi connectivity index (χ0n) is 24.4. The van der Waals surface area contributed by atoms with E-state index in [1.54, 1.807) is 74.8 Å². The number of alkyl halides is 3. The number of nitrogens with one attached hydrogen (secondary N) is 1. The minimum atomic E-state index is -4.50. The van der Waals surface area contributed by atoms with Crippen LogP contribution in [0.3, 0.4) is 0 Å². The molecule has 11 heteroatoms. The van der Waals surface area contributed by atoms with Crippen LogP contribution in [0.1, 0.15) is 36.0 Å². The lowest BCUT2D eigenvalue weighted by atomic mass is 9.88. The van der Waals surface area contributed by atoms with Gasteiger partial charge in [-0.2, -0.15) is 22.7 Å². The molecule has 44 heavy (non-hydrogen) atoms. The van der Waals surface area contributed by atoms with Crippen LogP contribution in [0.4, 0.5) is 17.6 Å². The molecule has 0 saturated carbocycles. The number of aromatic nitrogens is 3. The summed E-state index contributed by atoms with van der Waals surface area (Å²) in [5.41, 5.74) is 1.94. The van der Waals surface area contributed by atoms with Gasteiger partial charge in [-0.05, 0) is 59.9 Å². The van der Waals surface area contributed by atoms with Crippen LogP contribution in [0.2, 0.25) is 0 Å². The maximum atomic E-state index is 14.5. The molecule has 1 amide bonds. The Kier molecular flexibility index (Phi) is 9.43. The molecule has 0 spiro atoms. The van der Waals surface area contributed by atoms with E-state index in [1.807, 2.05) is 6.08 Å². The molecule has 1 saturated heterocycles. The lowest BCUT2D eigenvalue weighted by molar-refractivity contribution is -0.124. The van der Waals surface area contributed by atoms with Gasteiger partial charge >= 0.3 is 6.18 Å². The Labute approximate surface area is 252 Å². The Morgan fingerprint density at radius 2 is 1.86 bits per heavy atom. The number of nitrogens with zero attached hydrogens (tertiary/aromatic N) is 4. The fourth-order valence-corrected chi connectivity index (χ4v) is 5.32. The highest BCUT2D eigenvalue weighted by Crippen LogP contribution is 2.40. The number of pyridine rings is 1. The molecule has 230 valence electrons. The largest absolute Gasteiger partial charge is 0.473 e. The van der Waals surface area contributed by atoms with Crippen molar-refractivity contribution in [3.05, 3.63) is 102 Å². The van der Waals surface area contributed by atoms with E-state index >= 15 is 0 Å². The van der Waals surface area contributed by atoms with Crippen molar-refractivity contribution in [2.24, 2.45) is 0 Å². The van der Waals surface area contributed by atoms with Crippen molar-refractivity contribution in [2.75, 3.05) is 33.7 Å². The van der Waals surface area contributed by atoms with Crippen molar-refractivity contribution in [3.63, 3.8) is 0 Å². The highest BCUT2D eigenvalue weighted by molar-refractivity contribution is 6.00. The van der Waals surface area contributed by atoms with Gasteiger partial charge in [0.1, 0.15) is 6.10 Å². The number of fused-ring (bicyclic) bond motifs is 1. The summed E-state index contributed by atoms with van der Waals surface area (Å²) < 4.78 is 62.6. The summed E-state index contributed by atoms with van der Waals surface area (Å²) in [5.74, 6) is -0.388. The molecule has 1 fully saturated rings. The van der Waals surface area contributed by atoms with Crippen molar-refractivity contribution in [1.82, 2.24) is 25.0 Å². The number of hydrogen-bond donors (Lipinski definition) is 1. The van der Waals surface area contributed by atoms with Gasteiger partial charge in [0.25, 0.3) is 0 Å². The van der Waals surface area contributed by atoms with E-state index in [2.05, 4.69) is 20.1 Å². The van der Waals surface area contributed by atoms with Gasteiger partial charge in [-0.3, -0.25) is 14.8 Å². The number of H-pyrrole nitrogens is 1. The first-order valence-corrected chi connectivity index (χ1v) is 14.3. The first-order chi connectivity index (χ1) is 21.1. The van der Waals surface area contributed by atoms with Gasteiger partial charge in [-0.15, -0.1) is 0 Å². The fraction of sp³-hybridized carbons (Fsp3) is 0.303. The number of rotatable bonds is 9. The van der Waals surface area contributed by atoms with Gasteiger partial charge in [0.15, 0.2) is 0 Å². The van der Waals surface area contributed by atoms with E-state index in [9.17, 15) is 22.4 Å². The first-order valence-electron chi connectivity index (χ1n) is 14.3. The molecular formula is C33H33F4N5O2. The van der Waals surface area contributed by atoms with Crippen molar-refractivity contribution < 1.29 is 27.1 Å². The number of carbonyl (C=O) groups excluding carboxylic acids is 1. The highest BCUT2D eigenvalue weighted by atomic mass is 19.4. The number of carbonyl (C=O) groups is 1. The topological polar surface area (TPSA) is 74.3 Å². The van der Waals surface area contributed by atoms with Gasteiger partial charge in [-0.1, -0.05) is 42.5 Å². The Morgan fingerprint density at radius 1 is 1.09 bits per heavy atom. The lowest BCUT2D eigenvalue weighted by Crippen LogP contribution is -2.41. The maximum Gasteiger partial charge on any atom is 0.393 e. The molecular weight excluding hydrogens is 574 g/mol. The van der Waals surface area contributed by atoms with Crippen LogP contribution in [-0.4, -0.2) is 76.9 Å². The quantitative estimate of drug-likeness (QED) is 0.134. The molecule has 3 heterocycles. The zero-order valence-corrected chi connectivity index (χ0v) is 24.4. The van der Waals surface area contributed by atoms with E-state index in [1.165, 1.54) is 17.2 Å². The summed E-state index contributed by atoms with van der Waals surface area (Å²) >= 11 is 0. The SMILES string of the molecule is CN(C)C(=O)C=CCN1CCCC(Oc2ccc(/C(=C(/CC(F)(F)F)c3ccccc3)c3ccc4n[nH]c(F)c4c3)cn2)C1. The Hall–Kier alpha value is -4.51. The predicted octanol–water partition coefficient (Wildman–Crippen LogP) is 6.50. The fourth-order valence-electron chi connectivity index (χ4n) is 5.32. The van der Waals surface area contributed by atoms with Gasteiger partial charge in [-0.25, -0.2) is 4.98 Å². The molecule has 2 aromatic carbocycles. The highest BCUT2D eigenvalue weighted by Gasteiger charge is 2.32. The average molecular weight is 608 g/mol. The molecule has 5 rings (SSSR count). The van der Waals surface area contributed by atoms with Crippen molar-refractivity contribution in [1.29, 1.82) is 0 Å². The number of allylic oxidation sites excluding steroid dienone is 1. The molecule has 4 aromatic rings. The van der Waals surface area contributed by atoms with Gasteiger partial charge in [0.2, 0.25) is 17.7 Å². The van der Waals surface area contributed by atoms with Crippen LogP contribution in [0.15, 0.2) is 79.0 Å². The molecule has 1 aliphatic rings. The molecule has 1 atom stereocenters. The van der Waals surface area contributed by atoms with Crippen molar-refractivity contribution in [3.8, 4) is 5.88 Å². The standard InChI is InChI=1S/C33H33F4N5O2/c1-41(2)30(43)11-7-17-42-16-6-10-25(21-42)44-29-15-13-24(20-38-29)31(23-12-14-28-26(18-23)32(34)40-39-28)27(19-33(35,36)37)22-8-4-3-5-9-22/h3-5,7-9,11-15,18,20,25H,6,10,16-17,19,21H2,1-2H3,(H,39,40)/b11-7?,31-27-. The number of amides is 1. The van der Waals surface area contributed by atoms with Gasteiger partial charge < -0.3 is 9.64 Å². The first kappa shape index (κ1) is 30.9. The lowest BCUT2D eigenvalue weighted by Gasteiger charge is -2.31. The summed E-state index contributed by atoms with van der Waals surface area (Å²) in [6, 6.07) is 16.4. The maximum absolute atomic E-state index is 14.5. The van der Waals surface area contributed by atoms with E-state index < -0.39 is 18.5 Å². The Balaban J connectivity index is 1.45. The second-order valence-electron chi connectivity index (χ2n) is 10.9. The summed E-state index contributed by atoms with van der Waals surface area (Å²) in [6.45, 7) is 2.14. The third-order valence-corrected chi connectivity index (χ3v) is 7.44. The summed E-state index contributed by atoms with van der Waals surface area (Å²) in [5, 5.41) is 6.37. The number of hydrogen-bond acceptors (Lipinski definition) is 5. The second kappa shape index (κ2) is 13.4. The van der Waals surface area contributed by atoms with Crippen LogP contribution in [0, 0.1) is 5.95 Å². The Bertz CT molecular complexity index is 1650. The van der Waals surface area contributed by atoms with E-state index in [0.29, 0.717) is 41.2 Å². The van der Waals surface area contributed by atoms with Crippen LogP contribution in [0.5, 0.6) is 5.88 Å². The molecule has 2 aromatic heterocycles. The number of benzene rings is 2. The molecule has 1 unspecified atom stereocenters. The van der Waals surface area contributed by atoms with Crippen LogP contribution in [0.25, 0.3) is 22.0 Å². The molecule has 0 bridgehead atoms. The van der Waals surface area contributed by atoms with Crippen molar-refractivity contribution in [2.45, 2.75) is 31.5 Å². The molecule has 1 aliphatic heterocycles. The van der Waals surface area contributed by atoms with Crippen molar-refractivity contribution >= 4 is 28.0 Å². The van der Waals surface area contributed by atoms with Gasteiger partial charge in [0.05, 0.1) is 17.3 Å². The van der Waals surface area contributed by atoms with Crippen LogP contribution in [-0.2, 0) is 4.79 Å². The summed E-state index contributed by atoms with van der Waals surface area (Å²) in [6.07, 6.45) is 0.799. The number of piperidine rings is 1. The van der Waals surface area contributed by atoms with E-state index in [0.717, 1.165) is 19.4 Å². The number of likely N-dealkylation sites (N-methyl/N-ethyl adjacent to an activating group) is 1. The minimum Gasteiger partial charge on any atom is -0.473 e. The molecule has 0 radical (unpaired) electrons. The second-order valence-corrected chi connectivity index (χ2v) is 10.9. The normalized spacial score (nSPS) is 16.7. The molecule has 0 aliphatic carbocycles. The van der Waals surface area contributed by atoms with E-state index in [-0.39, 0.29) is 28.5 Å². The predicted molar refractivity (Wildman–Crippen MR) is 161 cm³/mol. The Morgan fingerprint density at radius 3 is 2.57 bits per heavy atom. The molecule has 1 N–H and O–H groups in total. The third-order valence-electron chi connectivity index (χ3n) is 7.44. The number of ether oxygens (including phenoxy) is 1. The molecule has 7 nitrogen and oxygen atoms in total. The average Bonchev–Trinajstić information content (AvgIpc) is 3.37. The number of halogens is 4. The van der Waals surface area contributed by atoms with Gasteiger partial charge in [0, 0.05) is 51.1 Å². The number of likely N-dealkylation sites (tertiary alicyclic amines) is 1. The monoisotopic (exact) mass is 607 g/mol. The van der Waals surface area contributed by atoms with E-state index in [4.69, 9.17) is 4.74 Å². The smallest absolute Gasteiger partial charge is 0.393 e.